The number of nitrogens with zero attached hydrogens (tertiary/aromatic N) is 2. The first-order chi connectivity index (χ1) is 11.5. The highest BCUT2D eigenvalue weighted by atomic mass is 127. The molecule has 1 aromatic heterocycles. The Morgan fingerprint density at radius 3 is 2.76 bits per heavy atom. The molecule has 0 spiro atoms. The molecular weight excluding hydrogens is 518 g/mol. The van der Waals surface area contributed by atoms with E-state index in [1.54, 1.807) is 30.5 Å². The first kappa shape index (κ1) is 22.3. The van der Waals surface area contributed by atoms with Crippen molar-refractivity contribution in [1.29, 1.82) is 0 Å². The third-order valence-corrected chi connectivity index (χ3v) is 4.85. The number of hydrogen-bond acceptors (Lipinski definition) is 3. The number of hydrogen-bond donors (Lipinski definition) is 2. The van der Waals surface area contributed by atoms with E-state index in [9.17, 15) is 4.39 Å². The smallest absolute Gasteiger partial charge is 0.191 e. The van der Waals surface area contributed by atoms with Crippen LogP contribution in [0.25, 0.3) is 0 Å². The maximum atomic E-state index is 13.7. The highest BCUT2D eigenvalue weighted by Gasteiger charge is 2.07. The molecule has 0 amide bonds. The Balaban J connectivity index is 0.00000312. The molecule has 0 saturated heterocycles. The van der Waals surface area contributed by atoms with Crippen molar-refractivity contribution < 1.29 is 4.39 Å². The Kier molecular flexibility index (Phi) is 9.88. The van der Waals surface area contributed by atoms with Crippen LogP contribution in [-0.4, -0.2) is 24.5 Å². The van der Waals surface area contributed by atoms with Crippen molar-refractivity contribution in [2.24, 2.45) is 4.99 Å². The maximum absolute atomic E-state index is 13.7. The summed E-state index contributed by atoms with van der Waals surface area (Å²) >= 11 is 5.01. The van der Waals surface area contributed by atoms with Crippen LogP contribution in [0.15, 0.2) is 33.0 Å². The van der Waals surface area contributed by atoms with E-state index in [2.05, 4.69) is 55.8 Å². The molecule has 0 radical (unpaired) electrons. The molecule has 1 heterocycles. The van der Waals surface area contributed by atoms with E-state index in [-0.39, 0.29) is 29.8 Å². The van der Waals surface area contributed by atoms with Gasteiger partial charge in [-0.3, -0.25) is 4.99 Å². The topological polar surface area (TPSA) is 49.3 Å². The van der Waals surface area contributed by atoms with Crippen molar-refractivity contribution in [2.45, 2.75) is 32.7 Å². The minimum absolute atomic E-state index is 0. The minimum atomic E-state index is -0.188. The van der Waals surface area contributed by atoms with E-state index in [4.69, 9.17) is 0 Å². The van der Waals surface area contributed by atoms with Crippen LogP contribution in [0.4, 0.5) is 4.39 Å². The van der Waals surface area contributed by atoms with Crippen molar-refractivity contribution >= 4 is 57.2 Å². The summed E-state index contributed by atoms with van der Waals surface area (Å²) in [6.45, 7) is 5.49. The molecule has 0 aliphatic carbocycles. The van der Waals surface area contributed by atoms with Crippen molar-refractivity contribution in [3.8, 4) is 0 Å². The molecule has 0 aliphatic rings. The van der Waals surface area contributed by atoms with Gasteiger partial charge < -0.3 is 10.6 Å². The molecule has 2 N–H and O–H groups in total. The van der Waals surface area contributed by atoms with Gasteiger partial charge in [-0.15, -0.1) is 35.3 Å². The Bertz CT molecular complexity index is 706. The molecule has 0 unspecified atom stereocenters. The Morgan fingerprint density at radius 1 is 1.36 bits per heavy atom. The first-order valence-corrected chi connectivity index (χ1v) is 9.49. The summed E-state index contributed by atoms with van der Waals surface area (Å²) in [6.07, 6.45) is 0.584. The third kappa shape index (κ3) is 7.18. The minimum Gasteiger partial charge on any atom is -0.356 e. The fourth-order valence-electron chi connectivity index (χ4n) is 2.10. The average molecular weight is 541 g/mol. The highest BCUT2D eigenvalue weighted by molar-refractivity contribution is 14.0. The number of halogens is 3. The van der Waals surface area contributed by atoms with Gasteiger partial charge in [0.1, 0.15) is 10.8 Å². The molecule has 2 rings (SSSR count). The Labute approximate surface area is 177 Å². The van der Waals surface area contributed by atoms with Crippen molar-refractivity contribution in [3.05, 3.63) is 50.1 Å². The molecule has 2 aromatic rings. The van der Waals surface area contributed by atoms with Crippen LogP contribution >= 0.6 is 51.2 Å². The molecule has 1 aromatic carbocycles. The summed E-state index contributed by atoms with van der Waals surface area (Å²) < 4.78 is 14.6. The second-order valence-corrected chi connectivity index (χ2v) is 7.52. The van der Waals surface area contributed by atoms with Crippen molar-refractivity contribution in [2.75, 3.05) is 13.6 Å². The molecular formula is C17H23BrFIN4S. The van der Waals surface area contributed by atoms with Gasteiger partial charge in [0.05, 0.1) is 12.2 Å². The zero-order valence-corrected chi connectivity index (χ0v) is 19.2. The quantitative estimate of drug-likeness (QED) is 0.317. The van der Waals surface area contributed by atoms with E-state index in [1.165, 1.54) is 6.07 Å². The highest BCUT2D eigenvalue weighted by Crippen LogP contribution is 2.17. The van der Waals surface area contributed by atoms with Crippen LogP contribution < -0.4 is 10.6 Å². The molecule has 0 aliphatic heterocycles. The lowest BCUT2D eigenvalue weighted by Gasteiger charge is -2.11. The van der Waals surface area contributed by atoms with Gasteiger partial charge in [-0.05, 0) is 36.1 Å². The predicted molar refractivity (Wildman–Crippen MR) is 118 cm³/mol. The molecule has 0 bridgehead atoms. The fraction of sp³-hybridized carbons (Fsp3) is 0.412. The predicted octanol–water partition coefficient (Wildman–Crippen LogP) is 4.69. The number of thiazole rings is 1. The standard InChI is InChI=1S/C17H22BrFN4S.HI/c1-11(2)15-10-24-16(23-15)9-22-17(20-3)21-7-6-12-8-13(18)4-5-14(12)19;/h4-5,8,10-11H,6-7,9H2,1-3H3,(H2,20,21,22);1H. The summed E-state index contributed by atoms with van der Waals surface area (Å²) in [4.78, 5) is 8.77. The summed E-state index contributed by atoms with van der Waals surface area (Å²) in [5.41, 5.74) is 1.79. The van der Waals surface area contributed by atoms with Crippen LogP contribution in [0.2, 0.25) is 0 Å². The van der Waals surface area contributed by atoms with Gasteiger partial charge >= 0.3 is 0 Å². The number of aromatic nitrogens is 1. The van der Waals surface area contributed by atoms with Gasteiger partial charge in [-0.1, -0.05) is 29.8 Å². The van der Waals surface area contributed by atoms with Crippen LogP contribution in [0, 0.1) is 5.82 Å². The lowest BCUT2D eigenvalue weighted by Crippen LogP contribution is -2.37. The monoisotopic (exact) mass is 540 g/mol. The molecule has 25 heavy (non-hydrogen) atoms. The van der Waals surface area contributed by atoms with Gasteiger partial charge in [0.25, 0.3) is 0 Å². The number of guanidine groups is 1. The SMILES string of the molecule is CN=C(NCCc1cc(Br)ccc1F)NCc1nc(C(C)C)cs1.I. The summed E-state index contributed by atoms with van der Waals surface area (Å²) in [5.74, 6) is 0.936. The second kappa shape index (κ2) is 11.1. The van der Waals surface area contributed by atoms with E-state index < -0.39 is 0 Å². The zero-order chi connectivity index (χ0) is 17.5. The van der Waals surface area contributed by atoms with Gasteiger partial charge in [0, 0.05) is 23.4 Å². The van der Waals surface area contributed by atoms with Crippen molar-refractivity contribution in [3.63, 3.8) is 0 Å². The van der Waals surface area contributed by atoms with Crippen LogP contribution in [-0.2, 0) is 13.0 Å². The molecule has 0 saturated carbocycles. The zero-order valence-electron chi connectivity index (χ0n) is 14.5. The number of aliphatic imine (C=N–C) groups is 1. The van der Waals surface area contributed by atoms with E-state index >= 15 is 0 Å². The lowest BCUT2D eigenvalue weighted by molar-refractivity contribution is 0.606. The van der Waals surface area contributed by atoms with Gasteiger partial charge in [-0.2, -0.15) is 0 Å². The molecule has 8 heteroatoms. The fourth-order valence-corrected chi connectivity index (χ4v) is 3.41. The Morgan fingerprint density at radius 2 is 2.12 bits per heavy atom. The molecule has 4 nitrogen and oxygen atoms in total. The van der Waals surface area contributed by atoms with Crippen molar-refractivity contribution in [1.82, 2.24) is 15.6 Å². The van der Waals surface area contributed by atoms with Gasteiger partial charge in [-0.25, -0.2) is 9.37 Å². The largest absolute Gasteiger partial charge is 0.356 e. The van der Waals surface area contributed by atoms with E-state index in [1.807, 2.05) is 0 Å². The van der Waals surface area contributed by atoms with Gasteiger partial charge in [0.2, 0.25) is 0 Å². The van der Waals surface area contributed by atoms with E-state index in [0.29, 0.717) is 37.0 Å². The van der Waals surface area contributed by atoms with E-state index in [0.717, 1.165) is 15.2 Å². The van der Waals surface area contributed by atoms with Gasteiger partial charge in [0.15, 0.2) is 5.96 Å². The second-order valence-electron chi connectivity index (χ2n) is 5.66. The summed E-state index contributed by atoms with van der Waals surface area (Å²) in [6, 6.07) is 4.98. The molecule has 0 fully saturated rings. The van der Waals surface area contributed by atoms with Crippen LogP contribution in [0.3, 0.4) is 0 Å². The number of rotatable bonds is 6. The summed E-state index contributed by atoms with van der Waals surface area (Å²) in [5, 5.41) is 9.55. The first-order valence-electron chi connectivity index (χ1n) is 7.82. The van der Waals surface area contributed by atoms with Crippen LogP contribution in [0.1, 0.15) is 36.0 Å². The number of benzene rings is 1. The lowest BCUT2D eigenvalue weighted by atomic mass is 10.1. The third-order valence-electron chi connectivity index (χ3n) is 3.49. The molecule has 138 valence electrons. The summed E-state index contributed by atoms with van der Waals surface area (Å²) in [7, 11) is 1.72. The number of nitrogens with one attached hydrogen (secondary N) is 2. The Hall–Kier alpha value is -0.740. The maximum Gasteiger partial charge on any atom is 0.191 e. The van der Waals surface area contributed by atoms with Crippen LogP contribution in [0.5, 0.6) is 0 Å². The molecule has 0 atom stereocenters. The average Bonchev–Trinajstić information content (AvgIpc) is 3.03. The normalized spacial score (nSPS) is 11.4.